The van der Waals surface area contributed by atoms with Gasteiger partial charge in [-0.1, -0.05) is 22.0 Å². The van der Waals surface area contributed by atoms with Gasteiger partial charge in [0.25, 0.3) is 0 Å². The van der Waals surface area contributed by atoms with Crippen molar-refractivity contribution in [1.82, 2.24) is 0 Å². The zero-order valence-corrected chi connectivity index (χ0v) is 10.1. The minimum Gasteiger partial charge on any atom is -0.491 e. The van der Waals surface area contributed by atoms with Crippen LogP contribution in [-0.2, 0) is 4.74 Å². The Labute approximate surface area is 93.4 Å². The van der Waals surface area contributed by atoms with E-state index in [4.69, 9.17) is 9.47 Å². The molecule has 0 saturated carbocycles. The standard InChI is InChI=1S/C11H15BrO2/c1-9(2)13-6-7-14-11-5-3-4-10(12)8-11/h3-5,8-9H,6-7H2,1-2H3. The molecule has 1 rings (SSSR count). The van der Waals surface area contributed by atoms with Crippen molar-refractivity contribution in [2.24, 2.45) is 0 Å². The molecule has 1 aromatic carbocycles. The second kappa shape index (κ2) is 6.04. The fraction of sp³-hybridized carbons (Fsp3) is 0.455. The van der Waals surface area contributed by atoms with E-state index in [9.17, 15) is 0 Å². The average Bonchev–Trinajstić information content (AvgIpc) is 2.12. The van der Waals surface area contributed by atoms with Crippen LogP contribution >= 0.6 is 15.9 Å². The molecule has 0 saturated heterocycles. The molecule has 0 bridgehead atoms. The van der Waals surface area contributed by atoms with E-state index in [0.29, 0.717) is 13.2 Å². The predicted octanol–water partition coefficient (Wildman–Crippen LogP) is 3.25. The molecule has 0 heterocycles. The molecule has 0 amide bonds. The van der Waals surface area contributed by atoms with Gasteiger partial charge >= 0.3 is 0 Å². The fourth-order valence-corrected chi connectivity index (χ4v) is 1.38. The Hall–Kier alpha value is -0.540. The molecule has 2 nitrogen and oxygen atoms in total. The summed E-state index contributed by atoms with van der Waals surface area (Å²) in [6.45, 7) is 5.25. The molecule has 0 fully saturated rings. The summed E-state index contributed by atoms with van der Waals surface area (Å²) >= 11 is 3.38. The molecule has 14 heavy (non-hydrogen) atoms. The maximum Gasteiger partial charge on any atom is 0.120 e. The Morgan fingerprint density at radius 2 is 2.07 bits per heavy atom. The largest absolute Gasteiger partial charge is 0.491 e. The molecule has 0 radical (unpaired) electrons. The van der Waals surface area contributed by atoms with Crippen molar-refractivity contribution >= 4 is 15.9 Å². The molecular formula is C11H15BrO2. The fourth-order valence-electron chi connectivity index (χ4n) is 1.00. The zero-order valence-electron chi connectivity index (χ0n) is 8.50. The smallest absolute Gasteiger partial charge is 0.120 e. The van der Waals surface area contributed by atoms with E-state index >= 15 is 0 Å². The van der Waals surface area contributed by atoms with E-state index in [0.717, 1.165) is 10.2 Å². The zero-order chi connectivity index (χ0) is 10.4. The number of halogens is 1. The topological polar surface area (TPSA) is 18.5 Å². The van der Waals surface area contributed by atoms with E-state index in [-0.39, 0.29) is 6.10 Å². The van der Waals surface area contributed by atoms with Crippen molar-refractivity contribution in [3.63, 3.8) is 0 Å². The third-order valence-electron chi connectivity index (χ3n) is 1.60. The van der Waals surface area contributed by atoms with Crippen LogP contribution in [0.4, 0.5) is 0 Å². The van der Waals surface area contributed by atoms with Crippen LogP contribution in [0.15, 0.2) is 28.7 Å². The van der Waals surface area contributed by atoms with Crippen LogP contribution in [0.25, 0.3) is 0 Å². The number of benzene rings is 1. The minimum atomic E-state index is 0.265. The second-order valence-electron chi connectivity index (χ2n) is 3.23. The lowest BCUT2D eigenvalue weighted by molar-refractivity contribution is 0.0552. The summed E-state index contributed by atoms with van der Waals surface area (Å²) in [5.74, 6) is 0.867. The predicted molar refractivity (Wildman–Crippen MR) is 60.7 cm³/mol. The summed E-state index contributed by atoms with van der Waals surface area (Å²) in [5, 5.41) is 0. The van der Waals surface area contributed by atoms with Gasteiger partial charge in [0.15, 0.2) is 0 Å². The van der Waals surface area contributed by atoms with E-state index in [2.05, 4.69) is 15.9 Å². The summed E-state index contributed by atoms with van der Waals surface area (Å²) in [5.41, 5.74) is 0. The minimum absolute atomic E-state index is 0.265. The third kappa shape index (κ3) is 4.63. The van der Waals surface area contributed by atoms with Gasteiger partial charge in [-0.15, -0.1) is 0 Å². The van der Waals surface area contributed by atoms with Crippen LogP contribution in [0, 0.1) is 0 Å². The highest BCUT2D eigenvalue weighted by molar-refractivity contribution is 9.10. The first-order valence-electron chi connectivity index (χ1n) is 4.68. The van der Waals surface area contributed by atoms with Crippen LogP contribution in [0.5, 0.6) is 5.75 Å². The summed E-state index contributed by atoms with van der Waals surface area (Å²) in [4.78, 5) is 0. The van der Waals surface area contributed by atoms with Crippen molar-refractivity contribution in [3.8, 4) is 5.75 Å². The van der Waals surface area contributed by atoms with E-state index in [1.54, 1.807) is 0 Å². The number of ether oxygens (including phenoxy) is 2. The molecule has 0 unspecified atom stereocenters. The van der Waals surface area contributed by atoms with Crippen molar-refractivity contribution in [2.75, 3.05) is 13.2 Å². The summed E-state index contributed by atoms with van der Waals surface area (Å²) in [7, 11) is 0. The van der Waals surface area contributed by atoms with Crippen LogP contribution in [0.2, 0.25) is 0 Å². The van der Waals surface area contributed by atoms with Crippen LogP contribution < -0.4 is 4.74 Å². The summed E-state index contributed by atoms with van der Waals surface area (Å²) < 4.78 is 11.9. The average molecular weight is 259 g/mol. The molecule has 0 N–H and O–H groups in total. The lowest BCUT2D eigenvalue weighted by atomic mass is 10.3. The molecule has 78 valence electrons. The molecule has 0 aliphatic carbocycles. The van der Waals surface area contributed by atoms with Gasteiger partial charge in [-0.05, 0) is 32.0 Å². The second-order valence-corrected chi connectivity index (χ2v) is 4.14. The molecule has 0 atom stereocenters. The van der Waals surface area contributed by atoms with E-state index < -0.39 is 0 Å². The number of hydrogen-bond donors (Lipinski definition) is 0. The lowest BCUT2D eigenvalue weighted by Crippen LogP contribution is -2.11. The van der Waals surface area contributed by atoms with Crippen LogP contribution in [-0.4, -0.2) is 19.3 Å². The summed E-state index contributed by atoms with van der Waals surface area (Å²) in [6, 6.07) is 7.79. The first-order valence-corrected chi connectivity index (χ1v) is 5.48. The molecule has 3 heteroatoms. The quantitative estimate of drug-likeness (QED) is 0.755. The molecule has 0 spiro atoms. The highest BCUT2D eigenvalue weighted by Gasteiger charge is 1.96. The highest BCUT2D eigenvalue weighted by atomic mass is 79.9. The SMILES string of the molecule is CC(C)OCCOc1cccc(Br)c1. The Bertz CT molecular complexity index is 274. The van der Waals surface area contributed by atoms with Gasteiger partial charge in [0.05, 0.1) is 12.7 Å². The molecule has 0 aliphatic heterocycles. The van der Waals surface area contributed by atoms with Gasteiger partial charge in [0.2, 0.25) is 0 Å². The van der Waals surface area contributed by atoms with Crippen molar-refractivity contribution < 1.29 is 9.47 Å². The summed E-state index contributed by atoms with van der Waals surface area (Å²) in [6.07, 6.45) is 0.265. The van der Waals surface area contributed by atoms with E-state index in [1.807, 2.05) is 38.1 Å². The van der Waals surface area contributed by atoms with Gasteiger partial charge in [-0.2, -0.15) is 0 Å². The Morgan fingerprint density at radius 1 is 1.29 bits per heavy atom. The first-order chi connectivity index (χ1) is 6.68. The third-order valence-corrected chi connectivity index (χ3v) is 2.09. The monoisotopic (exact) mass is 258 g/mol. The number of rotatable bonds is 5. The number of hydrogen-bond acceptors (Lipinski definition) is 2. The lowest BCUT2D eigenvalue weighted by Gasteiger charge is -2.09. The molecule has 0 aliphatic rings. The molecule has 1 aromatic rings. The molecule has 0 aromatic heterocycles. The Morgan fingerprint density at radius 3 is 2.71 bits per heavy atom. The Balaban J connectivity index is 2.25. The van der Waals surface area contributed by atoms with Crippen LogP contribution in [0.3, 0.4) is 0 Å². The normalized spacial score (nSPS) is 10.6. The van der Waals surface area contributed by atoms with Gasteiger partial charge in [0.1, 0.15) is 12.4 Å². The van der Waals surface area contributed by atoms with Gasteiger partial charge in [-0.25, -0.2) is 0 Å². The molecular weight excluding hydrogens is 244 g/mol. The maximum absolute atomic E-state index is 5.48. The van der Waals surface area contributed by atoms with Crippen molar-refractivity contribution in [3.05, 3.63) is 28.7 Å². The Kier molecular flexibility index (Phi) is 4.98. The van der Waals surface area contributed by atoms with Crippen LogP contribution in [0.1, 0.15) is 13.8 Å². The maximum atomic E-state index is 5.48. The van der Waals surface area contributed by atoms with Gasteiger partial charge in [0, 0.05) is 4.47 Å². The van der Waals surface area contributed by atoms with E-state index in [1.165, 1.54) is 0 Å². The van der Waals surface area contributed by atoms with Crippen molar-refractivity contribution in [1.29, 1.82) is 0 Å². The van der Waals surface area contributed by atoms with Gasteiger partial charge < -0.3 is 9.47 Å². The highest BCUT2D eigenvalue weighted by Crippen LogP contribution is 2.17. The van der Waals surface area contributed by atoms with Gasteiger partial charge in [-0.3, -0.25) is 0 Å². The first kappa shape index (κ1) is 11.5. The van der Waals surface area contributed by atoms with Crippen molar-refractivity contribution in [2.45, 2.75) is 20.0 Å².